The minimum atomic E-state index is -1.10. The number of nitrogens with zero attached hydrogens (tertiary/aromatic N) is 4. The normalized spacial score (nSPS) is 18.3. The molecule has 2 aromatic carbocycles. The van der Waals surface area contributed by atoms with E-state index in [1.807, 2.05) is 61.2 Å². The average Bonchev–Trinajstić information content (AvgIpc) is 3.78. The lowest BCUT2D eigenvalue weighted by Gasteiger charge is -2.37. The highest BCUT2D eigenvalue weighted by Gasteiger charge is 2.44. The number of aliphatic hydroxyl groups excluding tert-OH is 1. The van der Waals surface area contributed by atoms with Crippen molar-refractivity contribution in [2.75, 3.05) is 31.5 Å². The molecule has 0 spiro atoms. The summed E-state index contributed by atoms with van der Waals surface area (Å²) in [5.74, 6) is -0.604. The van der Waals surface area contributed by atoms with Crippen molar-refractivity contribution in [2.24, 2.45) is 13.0 Å². The van der Waals surface area contributed by atoms with Crippen molar-refractivity contribution in [2.45, 2.75) is 76.7 Å². The van der Waals surface area contributed by atoms with Crippen LogP contribution in [0.25, 0.3) is 0 Å². The van der Waals surface area contributed by atoms with E-state index < -0.39 is 17.8 Å². The van der Waals surface area contributed by atoms with Crippen LogP contribution < -0.4 is 16.0 Å². The SMILES string of the molecule is CCC(O)N[C@H](Cc1ccc(NC(=O)[C@](C)(NC(=O)c2ccnn2C)C2CCCC2)cc1)C(=O)N1CCN(Cc2ccccc2)CC1. The molecule has 1 saturated carbocycles. The van der Waals surface area contributed by atoms with Gasteiger partial charge in [0.15, 0.2) is 0 Å². The van der Waals surface area contributed by atoms with Gasteiger partial charge in [-0.3, -0.25) is 29.3 Å². The van der Waals surface area contributed by atoms with E-state index in [9.17, 15) is 19.5 Å². The molecule has 1 unspecified atom stereocenters. The van der Waals surface area contributed by atoms with Crippen LogP contribution in [0.3, 0.4) is 0 Å². The Kier molecular flexibility index (Phi) is 11.4. The third kappa shape index (κ3) is 8.65. The van der Waals surface area contributed by atoms with Crippen molar-refractivity contribution in [1.29, 1.82) is 0 Å². The molecule has 1 aliphatic heterocycles. The monoisotopic (exact) mass is 643 g/mol. The number of carbonyl (C=O) groups is 3. The van der Waals surface area contributed by atoms with Crippen LogP contribution in [-0.2, 0) is 29.6 Å². The number of anilines is 1. The molecule has 4 N–H and O–H groups in total. The molecule has 3 atom stereocenters. The maximum absolute atomic E-state index is 13.8. The Balaban J connectivity index is 1.21. The van der Waals surface area contributed by atoms with Crippen LogP contribution in [0.1, 0.15) is 67.6 Å². The van der Waals surface area contributed by atoms with E-state index in [2.05, 4.69) is 38.1 Å². The first-order valence-corrected chi connectivity index (χ1v) is 16.9. The van der Waals surface area contributed by atoms with Gasteiger partial charge in [0.1, 0.15) is 17.5 Å². The van der Waals surface area contributed by atoms with Gasteiger partial charge in [0.05, 0.1) is 6.04 Å². The number of aromatic nitrogens is 2. The highest BCUT2D eigenvalue weighted by molar-refractivity contribution is 6.03. The van der Waals surface area contributed by atoms with E-state index in [4.69, 9.17) is 0 Å². The van der Waals surface area contributed by atoms with Gasteiger partial charge in [-0.25, -0.2) is 0 Å². The summed E-state index contributed by atoms with van der Waals surface area (Å²) >= 11 is 0. The summed E-state index contributed by atoms with van der Waals surface area (Å²) in [6, 6.07) is 18.8. The Morgan fingerprint density at radius 2 is 1.64 bits per heavy atom. The van der Waals surface area contributed by atoms with Gasteiger partial charge in [-0.05, 0) is 67.9 Å². The second kappa shape index (κ2) is 15.7. The van der Waals surface area contributed by atoms with Gasteiger partial charge in [0, 0.05) is 51.7 Å². The molecule has 1 aromatic heterocycles. The van der Waals surface area contributed by atoms with Crippen LogP contribution in [-0.4, -0.2) is 86.4 Å². The average molecular weight is 644 g/mol. The second-order valence-electron chi connectivity index (χ2n) is 13.1. The van der Waals surface area contributed by atoms with Crippen molar-refractivity contribution in [3.05, 3.63) is 83.7 Å². The lowest BCUT2D eigenvalue weighted by Crippen LogP contribution is -2.59. The van der Waals surface area contributed by atoms with E-state index >= 15 is 0 Å². The number of hydrogen-bond acceptors (Lipinski definition) is 7. The van der Waals surface area contributed by atoms with Gasteiger partial charge in [0.25, 0.3) is 5.91 Å². The fourth-order valence-electron chi connectivity index (χ4n) is 6.72. The molecule has 11 heteroatoms. The Hall–Kier alpha value is -4.06. The van der Waals surface area contributed by atoms with Crippen LogP contribution in [0.2, 0.25) is 0 Å². The fourth-order valence-corrected chi connectivity index (χ4v) is 6.72. The molecule has 2 heterocycles. The molecule has 11 nitrogen and oxygen atoms in total. The molecule has 3 amide bonds. The van der Waals surface area contributed by atoms with Crippen LogP contribution in [0.5, 0.6) is 0 Å². The van der Waals surface area contributed by atoms with E-state index in [-0.39, 0.29) is 23.6 Å². The van der Waals surface area contributed by atoms with Gasteiger partial charge >= 0.3 is 0 Å². The number of aliphatic hydroxyl groups is 1. The van der Waals surface area contributed by atoms with E-state index in [1.165, 1.54) is 10.2 Å². The number of carbonyl (C=O) groups excluding carboxylic acids is 3. The Morgan fingerprint density at radius 1 is 0.957 bits per heavy atom. The standard InChI is InChI=1S/C36H49N7O4/c1-4-32(44)39-30(34(46)43-22-20-42(21-23-43)25-27-10-6-5-7-11-27)24-26-14-16-29(17-15-26)38-35(47)36(2,28-12-8-9-13-28)40-33(45)31-18-19-37-41(31)3/h5-7,10-11,14-19,28,30,32,39,44H,4,8-9,12-13,20-25H2,1-3H3,(H,38,47)(H,40,45)/t30-,32?,36-/m1/s1. The Labute approximate surface area is 277 Å². The molecule has 1 aliphatic carbocycles. The van der Waals surface area contributed by atoms with Crippen molar-refractivity contribution in [3.8, 4) is 0 Å². The van der Waals surface area contributed by atoms with Gasteiger partial charge in [-0.1, -0.05) is 62.2 Å². The van der Waals surface area contributed by atoms with Gasteiger partial charge < -0.3 is 20.6 Å². The summed E-state index contributed by atoms with van der Waals surface area (Å²) in [4.78, 5) is 44.9. The highest BCUT2D eigenvalue weighted by Crippen LogP contribution is 2.35. The maximum Gasteiger partial charge on any atom is 0.270 e. The third-order valence-corrected chi connectivity index (χ3v) is 9.73. The van der Waals surface area contributed by atoms with Crippen LogP contribution >= 0.6 is 0 Å². The summed E-state index contributed by atoms with van der Waals surface area (Å²) in [6.45, 7) is 7.39. The predicted octanol–water partition coefficient (Wildman–Crippen LogP) is 3.31. The zero-order valence-electron chi connectivity index (χ0n) is 27.8. The lowest BCUT2D eigenvalue weighted by molar-refractivity contribution is -0.136. The third-order valence-electron chi connectivity index (χ3n) is 9.73. The molecule has 5 rings (SSSR count). The number of nitrogens with one attached hydrogen (secondary N) is 3. The molecule has 0 radical (unpaired) electrons. The summed E-state index contributed by atoms with van der Waals surface area (Å²) in [5, 5.41) is 23.7. The van der Waals surface area contributed by atoms with Gasteiger partial charge in [-0.15, -0.1) is 0 Å². The largest absolute Gasteiger partial charge is 0.379 e. The van der Waals surface area contributed by atoms with Gasteiger partial charge in [0.2, 0.25) is 11.8 Å². The molecule has 1 saturated heterocycles. The van der Waals surface area contributed by atoms with Crippen LogP contribution in [0.15, 0.2) is 66.9 Å². The minimum Gasteiger partial charge on any atom is -0.379 e. The van der Waals surface area contributed by atoms with Crippen LogP contribution in [0.4, 0.5) is 5.69 Å². The minimum absolute atomic E-state index is 0.0157. The number of benzene rings is 2. The molecule has 3 aromatic rings. The van der Waals surface area contributed by atoms with Crippen molar-refractivity contribution < 1.29 is 19.5 Å². The molecule has 0 bridgehead atoms. The first-order valence-electron chi connectivity index (χ1n) is 16.9. The zero-order chi connectivity index (χ0) is 33.4. The van der Waals surface area contributed by atoms with Crippen LogP contribution in [0, 0.1) is 5.92 Å². The topological polar surface area (TPSA) is 132 Å². The lowest BCUT2D eigenvalue weighted by atomic mass is 9.83. The molecular formula is C36H49N7O4. The summed E-state index contributed by atoms with van der Waals surface area (Å²) in [6.07, 6.45) is 5.42. The molecule has 252 valence electrons. The number of piperazine rings is 1. The van der Waals surface area contributed by atoms with Crippen molar-refractivity contribution in [3.63, 3.8) is 0 Å². The van der Waals surface area contributed by atoms with Crippen molar-refractivity contribution >= 4 is 23.4 Å². The van der Waals surface area contributed by atoms with E-state index in [0.717, 1.165) is 50.9 Å². The summed E-state index contributed by atoms with van der Waals surface area (Å²) in [5.41, 5.74) is 2.07. The van der Waals surface area contributed by atoms with E-state index in [0.29, 0.717) is 37.3 Å². The second-order valence-corrected chi connectivity index (χ2v) is 13.1. The maximum atomic E-state index is 13.8. The quantitative estimate of drug-likeness (QED) is 0.210. The number of rotatable bonds is 13. The Bertz CT molecular complexity index is 1480. The smallest absolute Gasteiger partial charge is 0.270 e. The zero-order valence-corrected chi connectivity index (χ0v) is 27.8. The molecule has 2 aliphatic rings. The molecule has 47 heavy (non-hydrogen) atoms. The van der Waals surface area contributed by atoms with E-state index in [1.54, 1.807) is 19.3 Å². The number of amides is 3. The summed E-state index contributed by atoms with van der Waals surface area (Å²) < 4.78 is 1.50. The van der Waals surface area contributed by atoms with Gasteiger partial charge in [-0.2, -0.15) is 5.10 Å². The first-order chi connectivity index (χ1) is 22.7. The molecule has 2 fully saturated rings. The van der Waals surface area contributed by atoms with Crippen molar-refractivity contribution in [1.82, 2.24) is 30.2 Å². The highest BCUT2D eigenvalue weighted by atomic mass is 16.3. The molecular weight excluding hydrogens is 594 g/mol. The predicted molar refractivity (Wildman–Crippen MR) is 181 cm³/mol. The summed E-state index contributed by atoms with van der Waals surface area (Å²) in [7, 11) is 1.70. The fraction of sp³-hybridized carbons (Fsp3) is 0.500. The number of hydrogen-bond donors (Lipinski definition) is 4. The number of aryl methyl sites for hydroxylation is 1. The first kappa shape index (κ1) is 34.3. The Morgan fingerprint density at radius 3 is 2.26 bits per heavy atom.